The zero-order valence-corrected chi connectivity index (χ0v) is 8.41. The lowest BCUT2D eigenvalue weighted by atomic mass is 9.91. The Morgan fingerprint density at radius 3 is 2.17 bits per heavy atom. The number of likely N-dealkylation sites (tertiary alicyclic amines) is 1. The fourth-order valence-corrected chi connectivity index (χ4v) is 2.13. The molecule has 0 amide bonds. The minimum atomic E-state index is -0.303. The Balaban J connectivity index is 2.86. The molecule has 3 N–H and O–H groups in total. The summed E-state index contributed by atoms with van der Waals surface area (Å²) >= 11 is 0. The van der Waals surface area contributed by atoms with E-state index in [-0.39, 0.29) is 17.6 Å². The van der Waals surface area contributed by atoms with Crippen LogP contribution in [0.3, 0.4) is 0 Å². The summed E-state index contributed by atoms with van der Waals surface area (Å²) in [6.07, 6.45) is -0.303. The van der Waals surface area contributed by atoms with E-state index in [1.165, 1.54) is 0 Å². The monoisotopic (exact) mass is 172 g/mol. The molecule has 0 bridgehead atoms. The van der Waals surface area contributed by atoms with Crippen molar-refractivity contribution in [3.8, 4) is 0 Å². The van der Waals surface area contributed by atoms with Gasteiger partial charge >= 0.3 is 0 Å². The van der Waals surface area contributed by atoms with Gasteiger partial charge in [0.05, 0.1) is 6.10 Å². The van der Waals surface area contributed by atoms with Gasteiger partial charge in [-0.2, -0.15) is 0 Å². The fraction of sp³-hybridized carbons (Fsp3) is 1.00. The molecule has 3 atom stereocenters. The molecule has 1 rings (SSSR count). The molecular formula is C9H20N2O. The number of nitrogens with zero attached hydrogens (tertiary/aromatic N) is 1. The molecule has 3 heteroatoms. The predicted molar refractivity (Wildman–Crippen MR) is 49.9 cm³/mol. The Bertz CT molecular complexity index is 170. The second-order valence-corrected chi connectivity index (χ2v) is 4.35. The summed E-state index contributed by atoms with van der Waals surface area (Å²) in [4.78, 5) is 2.20. The third-order valence-electron chi connectivity index (χ3n) is 3.54. The van der Waals surface area contributed by atoms with E-state index in [0.29, 0.717) is 12.6 Å². The van der Waals surface area contributed by atoms with Crippen LogP contribution in [0.1, 0.15) is 20.8 Å². The summed E-state index contributed by atoms with van der Waals surface area (Å²) in [5.74, 6) is 0.213. The largest absolute Gasteiger partial charge is 0.391 e. The van der Waals surface area contributed by atoms with Crippen LogP contribution in [0.25, 0.3) is 0 Å². The highest BCUT2D eigenvalue weighted by molar-refractivity contribution is 5.03. The van der Waals surface area contributed by atoms with Crippen molar-refractivity contribution < 1.29 is 5.11 Å². The maximum atomic E-state index is 9.94. The maximum absolute atomic E-state index is 9.94. The van der Waals surface area contributed by atoms with E-state index in [2.05, 4.69) is 25.7 Å². The number of hydrogen-bond acceptors (Lipinski definition) is 3. The minimum Gasteiger partial charge on any atom is -0.391 e. The molecule has 1 heterocycles. The number of nitrogens with two attached hydrogens (primary N) is 1. The van der Waals surface area contributed by atoms with Gasteiger partial charge < -0.3 is 10.8 Å². The predicted octanol–water partition coefficient (Wildman–Crippen LogP) is 0.0347. The molecule has 0 radical (unpaired) electrons. The number of hydrogen-bond donors (Lipinski definition) is 2. The van der Waals surface area contributed by atoms with Crippen molar-refractivity contribution in [1.82, 2.24) is 4.90 Å². The highest BCUT2D eigenvalue weighted by atomic mass is 16.3. The van der Waals surface area contributed by atoms with Gasteiger partial charge in [-0.15, -0.1) is 0 Å². The lowest BCUT2D eigenvalue weighted by Gasteiger charge is -2.32. The van der Waals surface area contributed by atoms with Crippen LogP contribution in [0.4, 0.5) is 0 Å². The van der Waals surface area contributed by atoms with Gasteiger partial charge in [0.1, 0.15) is 0 Å². The molecule has 1 aliphatic heterocycles. The average Bonchev–Trinajstić information content (AvgIpc) is 2.15. The first-order valence-corrected chi connectivity index (χ1v) is 4.54. The maximum Gasteiger partial charge on any atom is 0.0773 e. The molecule has 12 heavy (non-hydrogen) atoms. The van der Waals surface area contributed by atoms with Gasteiger partial charge in [0.2, 0.25) is 0 Å². The number of likely N-dealkylation sites (N-methyl/N-ethyl adjacent to an activating group) is 1. The van der Waals surface area contributed by atoms with Crippen LogP contribution in [-0.2, 0) is 0 Å². The Kier molecular flexibility index (Phi) is 2.47. The molecular weight excluding hydrogens is 152 g/mol. The van der Waals surface area contributed by atoms with E-state index in [4.69, 9.17) is 5.73 Å². The van der Waals surface area contributed by atoms with Crippen molar-refractivity contribution in [1.29, 1.82) is 0 Å². The van der Waals surface area contributed by atoms with Crippen LogP contribution < -0.4 is 5.73 Å². The number of aliphatic hydroxyl groups excluding tert-OH is 1. The first-order chi connectivity index (χ1) is 5.42. The SMILES string of the molecule is CC1C(CN)C(O)C(C)(C)N1C. The van der Waals surface area contributed by atoms with Crippen molar-refractivity contribution in [3.63, 3.8) is 0 Å². The normalized spacial score (nSPS) is 42.0. The Labute approximate surface area is 74.5 Å². The van der Waals surface area contributed by atoms with Crippen LogP contribution in [0.5, 0.6) is 0 Å². The Morgan fingerprint density at radius 2 is 2.00 bits per heavy atom. The number of rotatable bonds is 1. The molecule has 0 spiro atoms. The molecule has 1 fully saturated rings. The van der Waals surface area contributed by atoms with Crippen LogP contribution in [0.2, 0.25) is 0 Å². The molecule has 1 aliphatic rings. The Morgan fingerprint density at radius 1 is 1.50 bits per heavy atom. The Hall–Kier alpha value is -0.120. The van der Waals surface area contributed by atoms with Gasteiger partial charge in [-0.05, 0) is 34.4 Å². The third kappa shape index (κ3) is 1.16. The van der Waals surface area contributed by atoms with Crippen LogP contribution >= 0.6 is 0 Å². The molecule has 0 aliphatic carbocycles. The molecule has 3 unspecified atom stereocenters. The summed E-state index contributed by atoms with van der Waals surface area (Å²) in [5.41, 5.74) is 5.48. The minimum absolute atomic E-state index is 0.135. The molecule has 0 aromatic rings. The molecule has 0 aromatic carbocycles. The molecule has 3 nitrogen and oxygen atoms in total. The van der Waals surface area contributed by atoms with E-state index >= 15 is 0 Å². The van der Waals surface area contributed by atoms with Crippen molar-refractivity contribution in [2.24, 2.45) is 11.7 Å². The van der Waals surface area contributed by atoms with E-state index in [0.717, 1.165) is 0 Å². The van der Waals surface area contributed by atoms with E-state index < -0.39 is 0 Å². The third-order valence-corrected chi connectivity index (χ3v) is 3.54. The van der Waals surface area contributed by atoms with Crippen molar-refractivity contribution in [3.05, 3.63) is 0 Å². The zero-order valence-electron chi connectivity index (χ0n) is 8.41. The topological polar surface area (TPSA) is 49.5 Å². The molecule has 72 valence electrons. The van der Waals surface area contributed by atoms with Gasteiger partial charge in [-0.1, -0.05) is 0 Å². The lowest BCUT2D eigenvalue weighted by molar-refractivity contribution is 0.0505. The average molecular weight is 172 g/mol. The van der Waals surface area contributed by atoms with Crippen LogP contribution in [0, 0.1) is 5.92 Å². The molecule has 0 saturated carbocycles. The smallest absolute Gasteiger partial charge is 0.0773 e. The summed E-state index contributed by atoms with van der Waals surface area (Å²) in [7, 11) is 2.05. The van der Waals surface area contributed by atoms with Gasteiger partial charge in [-0.3, -0.25) is 4.90 Å². The zero-order chi connectivity index (χ0) is 9.52. The summed E-state index contributed by atoms with van der Waals surface area (Å²) in [6, 6.07) is 0.375. The van der Waals surface area contributed by atoms with Crippen molar-refractivity contribution in [2.75, 3.05) is 13.6 Å². The van der Waals surface area contributed by atoms with Crippen LogP contribution in [0.15, 0.2) is 0 Å². The van der Waals surface area contributed by atoms with Crippen LogP contribution in [-0.4, -0.2) is 41.3 Å². The van der Waals surface area contributed by atoms with Gasteiger partial charge in [0.15, 0.2) is 0 Å². The van der Waals surface area contributed by atoms with Gasteiger partial charge in [0, 0.05) is 17.5 Å². The quantitative estimate of drug-likeness (QED) is 0.587. The summed E-state index contributed by atoms with van der Waals surface area (Å²) < 4.78 is 0. The number of aliphatic hydroxyl groups is 1. The second-order valence-electron chi connectivity index (χ2n) is 4.35. The van der Waals surface area contributed by atoms with E-state index in [1.807, 2.05) is 7.05 Å². The van der Waals surface area contributed by atoms with E-state index in [1.54, 1.807) is 0 Å². The summed E-state index contributed by atoms with van der Waals surface area (Å²) in [6.45, 7) is 6.80. The molecule has 0 aromatic heterocycles. The van der Waals surface area contributed by atoms with Gasteiger partial charge in [-0.25, -0.2) is 0 Å². The lowest BCUT2D eigenvalue weighted by Crippen LogP contribution is -2.44. The first-order valence-electron chi connectivity index (χ1n) is 4.54. The fourth-order valence-electron chi connectivity index (χ4n) is 2.13. The van der Waals surface area contributed by atoms with Crippen molar-refractivity contribution >= 4 is 0 Å². The van der Waals surface area contributed by atoms with Gasteiger partial charge in [0.25, 0.3) is 0 Å². The second kappa shape index (κ2) is 2.98. The summed E-state index contributed by atoms with van der Waals surface area (Å²) in [5, 5.41) is 9.94. The standard InChI is InChI=1S/C9H20N2O/c1-6-7(5-10)8(12)9(2,3)11(6)4/h6-8,12H,5,10H2,1-4H3. The highest BCUT2D eigenvalue weighted by Gasteiger charge is 2.48. The molecule has 1 saturated heterocycles. The highest BCUT2D eigenvalue weighted by Crippen LogP contribution is 2.35. The van der Waals surface area contributed by atoms with Crippen molar-refractivity contribution in [2.45, 2.75) is 38.5 Å². The first kappa shape index (κ1) is 9.96. The van der Waals surface area contributed by atoms with E-state index in [9.17, 15) is 5.11 Å².